The summed E-state index contributed by atoms with van der Waals surface area (Å²) in [5, 5.41) is 9.25. The number of fused-ring (bicyclic) bond motifs is 1. The number of rotatable bonds is 4. The number of imidazole rings is 1. The number of hydrogen-bond donors (Lipinski definition) is 0. The van der Waals surface area contributed by atoms with Crippen LogP contribution >= 0.6 is 11.3 Å². The second-order valence-corrected chi connectivity index (χ2v) is 7.29. The van der Waals surface area contributed by atoms with Gasteiger partial charge in [0.2, 0.25) is 0 Å². The maximum Gasteiger partial charge on any atom is 0.194 e. The summed E-state index contributed by atoms with van der Waals surface area (Å²) in [5.74, 6) is 0.320. The van der Waals surface area contributed by atoms with E-state index < -0.39 is 0 Å². The molecule has 4 heteroatoms. The molecule has 2 aromatic heterocycles. The molecule has 118 valence electrons. The van der Waals surface area contributed by atoms with E-state index in [4.69, 9.17) is 4.98 Å². The second kappa shape index (κ2) is 6.17. The molecule has 0 amide bonds. The van der Waals surface area contributed by atoms with Crippen LogP contribution in [0.2, 0.25) is 0 Å². The van der Waals surface area contributed by atoms with Gasteiger partial charge in [0, 0.05) is 4.88 Å². The smallest absolute Gasteiger partial charge is 0.194 e. The van der Waals surface area contributed by atoms with Crippen molar-refractivity contribution in [1.82, 2.24) is 9.38 Å². The lowest BCUT2D eigenvalue weighted by atomic mass is 10.1. The zero-order valence-electron chi connectivity index (χ0n) is 14.1. The SMILES string of the molecule is CCc1ccc(-c2c(C)sc3nc(C(C)C)c(CC#N)n23)cc1. The summed E-state index contributed by atoms with van der Waals surface area (Å²) in [7, 11) is 0. The van der Waals surface area contributed by atoms with Gasteiger partial charge in [-0.25, -0.2) is 4.98 Å². The van der Waals surface area contributed by atoms with Crippen LogP contribution in [0.3, 0.4) is 0 Å². The first-order valence-electron chi connectivity index (χ1n) is 8.03. The van der Waals surface area contributed by atoms with Gasteiger partial charge in [0.25, 0.3) is 0 Å². The maximum atomic E-state index is 9.25. The molecule has 0 spiro atoms. The highest BCUT2D eigenvalue weighted by Crippen LogP contribution is 2.35. The highest BCUT2D eigenvalue weighted by Gasteiger charge is 2.21. The molecule has 0 atom stereocenters. The maximum absolute atomic E-state index is 9.25. The molecule has 0 bridgehead atoms. The summed E-state index contributed by atoms with van der Waals surface area (Å²) in [6.07, 6.45) is 1.44. The molecule has 23 heavy (non-hydrogen) atoms. The van der Waals surface area contributed by atoms with Gasteiger partial charge in [-0.15, -0.1) is 11.3 Å². The minimum absolute atomic E-state index is 0.320. The van der Waals surface area contributed by atoms with E-state index in [0.29, 0.717) is 12.3 Å². The second-order valence-electron chi connectivity index (χ2n) is 6.11. The quantitative estimate of drug-likeness (QED) is 0.668. The van der Waals surface area contributed by atoms with Crippen molar-refractivity contribution in [2.24, 2.45) is 0 Å². The fourth-order valence-electron chi connectivity index (χ4n) is 3.03. The standard InChI is InChI=1S/C19H21N3S/c1-5-14-6-8-15(9-7-14)18-13(4)23-19-21-17(12(2)3)16(10-11-20)22(18)19/h6-9,12H,5,10H2,1-4H3. The number of benzene rings is 1. The summed E-state index contributed by atoms with van der Waals surface area (Å²) in [4.78, 5) is 7.04. The Morgan fingerprint density at radius 1 is 1.26 bits per heavy atom. The first kappa shape index (κ1) is 15.8. The Bertz CT molecular complexity index is 876. The Balaban J connectivity index is 2.26. The third-order valence-corrected chi connectivity index (χ3v) is 5.16. The van der Waals surface area contributed by atoms with Crippen molar-refractivity contribution in [2.75, 3.05) is 0 Å². The molecule has 0 unspecified atom stereocenters. The molecule has 0 N–H and O–H groups in total. The average Bonchev–Trinajstić information content (AvgIpc) is 3.03. The third kappa shape index (κ3) is 2.66. The predicted molar refractivity (Wildman–Crippen MR) is 96.0 cm³/mol. The van der Waals surface area contributed by atoms with Crippen LogP contribution in [0.15, 0.2) is 24.3 Å². The van der Waals surface area contributed by atoms with Crippen molar-refractivity contribution in [3.05, 3.63) is 46.1 Å². The summed E-state index contributed by atoms with van der Waals surface area (Å²) in [6, 6.07) is 11.0. The summed E-state index contributed by atoms with van der Waals surface area (Å²) < 4.78 is 2.19. The number of nitrogens with zero attached hydrogens (tertiary/aromatic N) is 3. The normalized spacial score (nSPS) is 11.3. The molecule has 0 fully saturated rings. The Hall–Kier alpha value is -2.12. The van der Waals surface area contributed by atoms with Crippen LogP contribution in [0.1, 0.15) is 48.5 Å². The molecular weight excluding hydrogens is 302 g/mol. The van der Waals surface area contributed by atoms with Crippen molar-refractivity contribution >= 4 is 16.3 Å². The lowest BCUT2D eigenvalue weighted by Crippen LogP contribution is -1.99. The highest BCUT2D eigenvalue weighted by molar-refractivity contribution is 7.17. The van der Waals surface area contributed by atoms with E-state index >= 15 is 0 Å². The molecule has 0 saturated carbocycles. The van der Waals surface area contributed by atoms with E-state index in [9.17, 15) is 5.26 Å². The monoisotopic (exact) mass is 323 g/mol. The van der Waals surface area contributed by atoms with Gasteiger partial charge in [0.15, 0.2) is 4.96 Å². The molecule has 0 aliphatic carbocycles. The van der Waals surface area contributed by atoms with E-state index in [2.05, 4.69) is 62.4 Å². The van der Waals surface area contributed by atoms with Gasteiger partial charge in [-0.2, -0.15) is 5.26 Å². The first-order valence-corrected chi connectivity index (χ1v) is 8.85. The number of hydrogen-bond acceptors (Lipinski definition) is 3. The molecule has 2 heterocycles. The lowest BCUT2D eigenvalue weighted by molar-refractivity contribution is 0.814. The van der Waals surface area contributed by atoms with E-state index in [1.54, 1.807) is 11.3 Å². The molecule has 3 aromatic rings. The molecule has 0 radical (unpaired) electrons. The highest BCUT2D eigenvalue weighted by atomic mass is 32.1. The molecule has 3 rings (SSSR count). The first-order chi connectivity index (χ1) is 11.1. The van der Waals surface area contributed by atoms with Crippen molar-refractivity contribution < 1.29 is 0 Å². The van der Waals surface area contributed by atoms with Crippen LogP contribution in [-0.4, -0.2) is 9.38 Å². The number of nitriles is 1. The minimum Gasteiger partial charge on any atom is -0.286 e. The molecule has 0 aliphatic heterocycles. The van der Waals surface area contributed by atoms with Crippen LogP contribution in [0.25, 0.3) is 16.2 Å². The average molecular weight is 323 g/mol. The van der Waals surface area contributed by atoms with E-state index in [1.807, 2.05) is 0 Å². The largest absolute Gasteiger partial charge is 0.286 e. The van der Waals surface area contributed by atoms with E-state index in [-0.39, 0.29) is 0 Å². The Morgan fingerprint density at radius 2 is 1.96 bits per heavy atom. The van der Waals surface area contributed by atoms with Crippen LogP contribution in [-0.2, 0) is 12.8 Å². The molecular formula is C19H21N3S. The van der Waals surface area contributed by atoms with E-state index in [1.165, 1.54) is 21.7 Å². The van der Waals surface area contributed by atoms with Gasteiger partial charge in [-0.3, -0.25) is 4.40 Å². The van der Waals surface area contributed by atoms with Gasteiger partial charge >= 0.3 is 0 Å². The number of aromatic nitrogens is 2. The fourth-order valence-corrected chi connectivity index (χ4v) is 4.04. The van der Waals surface area contributed by atoms with Crippen molar-refractivity contribution in [3.8, 4) is 17.3 Å². The van der Waals surface area contributed by atoms with Gasteiger partial charge in [0.1, 0.15) is 0 Å². The zero-order valence-corrected chi connectivity index (χ0v) is 14.9. The zero-order chi connectivity index (χ0) is 16.6. The molecule has 0 saturated heterocycles. The minimum atomic E-state index is 0.320. The Labute approximate surface area is 141 Å². The molecule has 1 aromatic carbocycles. The van der Waals surface area contributed by atoms with Gasteiger partial charge in [-0.05, 0) is 30.4 Å². The number of thiazole rings is 1. The summed E-state index contributed by atoms with van der Waals surface area (Å²) in [5.41, 5.74) is 5.79. The van der Waals surface area contributed by atoms with E-state index in [0.717, 1.165) is 22.8 Å². The fraction of sp³-hybridized carbons (Fsp3) is 0.368. The molecule has 3 nitrogen and oxygen atoms in total. The van der Waals surface area contributed by atoms with Crippen LogP contribution in [0, 0.1) is 18.3 Å². The van der Waals surface area contributed by atoms with Crippen LogP contribution in [0.5, 0.6) is 0 Å². The van der Waals surface area contributed by atoms with Gasteiger partial charge in [-0.1, -0.05) is 45.0 Å². The van der Waals surface area contributed by atoms with Gasteiger partial charge < -0.3 is 0 Å². The Kier molecular flexibility index (Phi) is 4.23. The number of aryl methyl sites for hydroxylation is 2. The molecule has 0 aliphatic rings. The van der Waals surface area contributed by atoms with Crippen molar-refractivity contribution in [3.63, 3.8) is 0 Å². The summed E-state index contributed by atoms with van der Waals surface area (Å²) in [6.45, 7) is 8.57. The Morgan fingerprint density at radius 3 is 2.52 bits per heavy atom. The van der Waals surface area contributed by atoms with Crippen molar-refractivity contribution in [1.29, 1.82) is 5.26 Å². The van der Waals surface area contributed by atoms with Crippen LogP contribution in [0.4, 0.5) is 0 Å². The third-order valence-electron chi connectivity index (χ3n) is 4.20. The predicted octanol–water partition coefficient (Wildman–Crippen LogP) is 5.12. The lowest BCUT2D eigenvalue weighted by Gasteiger charge is -2.08. The van der Waals surface area contributed by atoms with Gasteiger partial charge in [0.05, 0.1) is 29.6 Å². The van der Waals surface area contributed by atoms with Crippen LogP contribution < -0.4 is 0 Å². The summed E-state index contributed by atoms with van der Waals surface area (Å²) >= 11 is 1.70. The topological polar surface area (TPSA) is 41.1 Å². The van der Waals surface area contributed by atoms with Crippen molar-refractivity contribution in [2.45, 2.75) is 46.5 Å².